The van der Waals surface area contributed by atoms with Crippen molar-refractivity contribution in [3.8, 4) is 0 Å². The SMILES string of the molecule is Cc1ccc(C[Se]C(Cn2ccnc2)c2ccc(Cl)cc2Cl)cc1. The summed E-state index contributed by atoms with van der Waals surface area (Å²) in [7, 11) is 0. The molecule has 3 rings (SSSR count). The summed E-state index contributed by atoms with van der Waals surface area (Å²) in [4.78, 5) is 4.52. The summed E-state index contributed by atoms with van der Waals surface area (Å²) in [6.07, 6.45) is 5.67. The van der Waals surface area contributed by atoms with E-state index in [0.29, 0.717) is 24.8 Å². The molecule has 24 heavy (non-hydrogen) atoms. The number of rotatable bonds is 6. The first-order valence-corrected chi connectivity index (χ1v) is 10.7. The zero-order valence-corrected chi connectivity index (χ0v) is 16.5. The predicted octanol–water partition coefficient (Wildman–Crippen LogP) is 5.14. The van der Waals surface area contributed by atoms with Gasteiger partial charge in [-0.25, -0.2) is 0 Å². The third kappa shape index (κ3) is 4.64. The summed E-state index contributed by atoms with van der Waals surface area (Å²) in [6.45, 7) is 3.00. The van der Waals surface area contributed by atoms with E-state index in [0.717, 1.165) is 16.9 Å². The molecule has 0 spiro atoms. The molecule has 0 aliphatic carbocycles. The molecule has 0 aliphatic heterocycles. The van der Waals surface area contributed by atoms with Crippen LogP contribution in [0.1, 0.15) is 21.5 Å². The molecule has 1 heterocycles. The Balaban J connectivity index is 1.80. The second kappa shape index (κ2) is 8.22. The van der Waals surface area contributed by atoms with Gasteiger partial charge in [0.25, 0.3) is 0 Å². The Morgan fingerprint density at radius 2 is 1.92 bits per heavy atom. The molecule has 1 aromatic heterocycles. The van der Waals surface area contributed by atoms with Crippen LogP contribution in [0.15, 0.2) is 61.2 Å². The van der Waals surface area contributed by atoms with Gasteiger partial charge in [-0.1, -0.05) is 0 Å². The number of imidazole rings is 1. The van der Waals surface area contributed by atoms with Crippen LogP contribution in [0.5, 0.6) is 0 Å². The molecule has 0 aliphatic rings. The van der Waals surface area contributed by atoms with Crippen LogP contribution in [0.25, 0.3) is 0 Å². The standard InChI is InChI=1S/C19H18Cl2N2Se/c1-14-2-4-15(5-3-14)12-24-19(11-23-9-8-22-13-23)17-7-6-16(20)10-18(17)21/h2-10,13,19H,11-12H2,1H3. The van der Waals surface area contributed by atoms with Crippen LogP contribution in [0.2, 0.25) is 10.0 Å². The van der Waals surface area contributed by atoms with Gasteiger partial charge in [0.1, 0.15) is 0 Å². The molecule has 3 aromatic rings. The summed E-state index contributed by atoms with van der Waals surface area (Å²) in [5.74, 6) is 0. The van der Waals surface area contributed by atoms with E-state index in [9.17, 15) is 0 Å². The van der Waals surface area contributed by atoms with Crippen molar-refractivity contribution in [3.05, 3.63) is 87.9 Å². The average Bonchev–Trinajstić information content (AvgIpc) is 3.06. The number of hydrogen-bond acceptors (Lipinski definition) is 1. The number of aromatic nitrogens is 2. The number of benzene rings is 2. The molecule has 0 fully saturated rings. The molecular weight excluding hydrogens is 406 g/mol. The summed E-state index contributed by atoms with van der Waals surface area (Å²) in [6, 6.07) is 14.6. The molecule has 1 unspecified atom stereocenters. The van der Waals surface area contributed by atoms with Crippen LogP contribution < -0.4 is 0 Å². The Hall–Kier alpha value is -1.25. The fourth-order valence-corrected chi connectivity index (χ4v) is 5.78. The van der Waals surface area contributed by atoms with E-state index in [1.165, 1.54) is 16.7 Å². The Bertz CT molecular complexity index is 786. The van der Waals surface area contributed by atoms with E-state index in [4.69, 9.17) is 23.2 Å². The Labute approximate surface area is 159 Å². The molecule has 2 nitrogen and oxygen atoms in total. The van der Waals surface area contributed by atoms with Crippen LogP contribution in [-0.4, -0.2) is 24.5 Å². The van der Waals surface area contributed by atoms with E-state index < -0.39 is 0 Å². The van der Waals surface area contributed by atoms with Crippen molar-refractivity contribution < 1.29 is 0 Å². The monoisotopic (exact) mass is 424 g/mol. The van der Waals surface area contributed by atoms with Gasteiger partial charge >= 0.3 is 159 Å². The fraction of sp³-hybridized carbons (Fsp3) is 0.211. The molecule has 1 atom stereocenters. The third-order valence-corrected chi connectivity index (χ3v) is 7.12. The first-order chi connectivity index (χ1) is 11.6. The third-order valence-electron chi connectivity index (χ3n) is 3.82. The summed E-state index contributed by atoms with van der Waals surface area (Å²) in [5, 5.41) is 2.50. The van der Waals surface area contributed by atoms with E-state index >= 15 is 0 Å². The maximum atomic E-state index is 6.47. The average molecular weight is 424 g/mol. The van der Waals surface area contributed by atoms with Crippen LogP contribution in [0.4, 0.5) is 0 Å². The van der Waals surface area contributed by atoms with Crippen molar-refractivity contribution in [2.24, 2.45) is 0 Å². The van der Waals surface area contributed by atoms with Gasteiger partial charge in [-0.3, -0.25) is 0 Å². The molecule has 0 bridgehead atoms. The van der Waals surface area contributed by atoms with Gasteiger partial charge in [0.05, 0.1) is 0 Å². The molecule has 0 radical (unpaired) electrons. The van der Waals surface area contributed by atoms with Gasteiger partial charge in [0, 0.05) is 0 Å². The molecule has 0 saturated carbocycles. The van der Waals surface area contributed by atoms with Gasteiger partial charge in [-0.05, 0) is 0 Å². The van der Waals surface area contributed by atoms with Crippen molar-refractivity contribution in [1.82, 2.24) is 9.55 Å². The second-order valence-corrected chi connectivity index (χ2v) is 9.05. The maximum absolute atomic E-state index is 6.47. The van der Waals surface area contributed by atoms with Gasteiger partial charge < -0.3 is 0 Å². The second-order valence-electron chi connectivity index (χ2n) is 5.71. The van der Waals surface area contributed by atoms with Gasteiger partial charge in [-0.15, -0.1) is 0 Å². The zero-order chi connectivity index (χ0) is 16.9. The first-order valence-electron chi connectivity index (χ1n) is 7.69. The van der Waals surface area contributed by atoms with E-state index in [2.05, 4.69) is 46.8 Å². The summed E-state index contributed by atoms with van der Waals surface area (Å²) >= 11 is 12.9. The number of hydrogen-bond donors (Lipinski definition) is 0. The van der Waals surface area contributed by atoms with E-state index in [-0.39, 0.29) is 0 Å². The molecule has 5 heteroatoms. The van der Waals surface area contributed by atoms with Crippen molar-refractivity contribution in [2.75, 3.05) is 0 Å². The zero-order valence-electron chi connectivity index (χ0n) is 13.3. The van der Waals surface area contributed by atoms with Crippen LogP contribution in [-0.2, 0) is 11.9 Å². The molecule has 124 valence electrons. The Kier molecular flexibility index (Phi) is 6.02. The molecule has 0 amide bonds. The van der Waals surface area contributed by atoms with Crippen LogP contribution >= 0.6 is 23.2 Å². The van der Waals surface area contributed by atoms with Gasteiger partial charge in [0.15, 0.2) is 0 Å². The molecule has 0 N–H and O–H groups in total. The minimum atomic E-state index is 0.372. The van der Waals surface area contributed by atoms with E-state index in [1.54, 1.807) is 0 Å². The Morgan fingerprint density at radius 1 is 1.12 bits per heavy atom. The fourth-order valence-electron chi connectivity index (χ4n) is 2.47. The van der Waals surface area contributed by atoms with Crippen molar-refractivity contribution in [2.45, 2.75) is 23.6 Å². The molecule has 2 aromatic carbocycles. The Morgan fingerprint density at radius 3 is 2.58 bits per heavy atom. The van der Waals surface area contributed by atoms with Crippen molar-refractivity contribution >= 4 is 38.2 Å². The van der Waals surface area contributed by atoms with E-state index in [1.807, 2.05) is 30.9 Å². The quantitative estimate of drug-likeness (QED) is 0.501. The number of nitrogens with zero attached hydrogens (tertiary/aromatic N) is 2. The minimum absolute atomic E-state index is 0.372. The molecular formula is C19H18Cl2N2Se. The normalized spacial score (nSPS) is 12.3. The summed E-state index contributed by atoms with van der Waals surface area (Å²) < 4.78 is 2.12. The first kappa shape index (κ1) is 17.6. The predicted molar refractivity (Wildman–Crippen MR) is 102 cm³/mol. The summed E-state index contributed by atoms with van der Waals surface area (Å²) in [5.41, 5.74) is 3.84. The van der Waals surface area contributed by atoms with Crippen molar-refractivity contribution in [1.29, 1.82) is 0 Å². The van der Waals surface area contributed by atoms with Gasteiger partial charge in [0.2, 0.25) is 0 Å². The molecule has 0 saturated heterocycles. The topological polar surface area (TPSA) is 17.8 Å². The van der Waals surface area contributed by atoms with Crippen LogP contribution in [0.3, 0.4) is 0 Å². The van der Waals surface area contributed by atoms with Crippen LogP contribution in [0, 0.1) is 6.92 Å². The number of halogens is 2. The van der Waals surface area contributed by atoms with Crippen molar-refractivity contribution in [3.63, 3.8) is 0 Å². The van der Waals surface area contributed by atoms with Gasteiger partial charge in [-0.2, -0.15) is 0 Å². The number of aryl methyl sites for hydroxylation is 1.